The largest absolute Gasteiger partial charge is 0.394 e. The van der Waals surface area contributed by atoms with Gasteiger partial charge < -0.3 is 15.7 Å². The lowest BCUT2D eigenvalue weighted by Crippen LogP contribution is -2.48. The standard InChI is InChI=1S/C17H22N2O2S/c1-13(9-15-7-8-22-12-15)18-17(21)19-16(11-20)10-14-5-3-2-4-6-14/h2-8,12-13,16,20H,9-11H2,1H3,(H2,18,19,21)/t13-,16-/m1/s1. The van der Waals surface area contributed by atoms with Gasteiger partial charge in [-0.25, -0.2) is 4.79 Å². The molecule has 4 nitrogen and oxygen atoms in total. The highest BCUT2D eigenvalue weighted by Gasteiger charge is 2.14. The van der Waals surface area contributed by atoms with Gasteiger partial charge in [-0.15, -0.1) is 0 Å². The highest BCUT2D eigenvalue weighted by molar-refractivity contribution is 7.07. The smallest absolute Gasteiger partial charge is 0.315 e. The molecule has 0 spiro atoms. The Morgan fingerprint density at radius 3 is 2.55 bits per heavy atom. The molecule has 1 aromatic carbocycles. The van der Waals surface area contributed by atoms with E-state index in [2.05, 4.69) is 22.1 Å². The van der Waals surface area contributed by atoms with Crippen LogP contribution in [0.25, 0.3) is 0 Å². The van der Waals surface area contributed by atoms with Crippen LogP contribution in [0, 0.1) is 0 Å². The van der Waals surface area contributed by atoms with E-state index in [1.165, 1.54) is 5.56 Å². The Kier molecular flexibility index (Phi) is 6.43. The van der Waals surface area contributed by atoms with Gasteiger partial charge in [0.05, 0.1) is 12.6 Å². The van der Waals surface area contributed by atoms with E-state index in [1.807, 2.05) is 42.6 Å². The molecule has 3 N–H and O–H groups in total. The third kappa shape index (κ3) is 5.50. The van der Waals surface area contributed by atoms with Crippen LogP contribution < -0.4 is 10.6 Å². The van der Waals surface area contributed by atoms with Crippen LogP contribution in [0.15, 0.2) is 47.2 Å². The summed E-state index contributed by atoms with van der Waals surface area (Å²) in [6.07, 6.45) is 1.42. The van der Waals surface area contributed by atoms with Gasteiger partial charge in [-0.05, 0) is 47.7 Å². The minimum atomic E-state index is -0.282. The Hall–Kier alpha value is -1.85. The number of carbonyl (C=O) groups is 1. The second-order valence-electron chi connectivity index (χ2n) is 5.42. The van der Waals surface area contributed by atoms with Crippen molar-refractivity contribution >= 4 is 17.4 Å². The van der Waals surface area contributed by atoms with Gasteiger partial charge in [0.15, 0.2) is 0 Å². The van der Waals surface area contributed by atoms with Gasteiger partial charge in [-0.2, -0.15) is 11.3 Å². The molecule has 118 valence electrons. The third-order valence-corrected chi connectivity index (χ3v) is 4.11. The molecule has 0 aliphatic carbocycles. The number of carbonyl (C=O) groups excluding carboxylic acids is 1. The van der Waals surface area contributed by atoms with E-state index in [-0.39, 0.29) is 24.7 Å². The normalized spacial score (nSPS) is 13.4. The van der Waals surface area contributed by atoms with E-state index in [0.717, 1.165) is 12.0 Å². The molecule has 1 aromatic heterocycles. The van der Waals surface area contributed by atoms with Gasteiger partial charge in [0.1, 0.15) is 0 Å². The number of aliphatic hydroxyl groups is 1. The van der Waals surface area contributed by atoms with Crippen molar-refractivity contribution in [2.24, 2.45) is 0 Å². The van der Waals surface area contributed by atoms with Crippen molar-refractivity contribution in [2.45, 2.75) is 31.8 Å². The molecule has 1 heterocycles. The molecule has 0 fully saturated rings. The number of hydrogen-bond donors (Lipinski definition) is 3. The topological polar surface area (TPSA) is 61.4 Å². The molecule has 0 saturated heterocycles. The summed E-state index contributed by atoms with van der Waals surface area (Å²) in [6.45, 7) is 1.89. The van der Waals surface area contributed by atoms with Crippen molar-refractivity contribution in [1.29, 1.82) is 0 Å². The van der Waals surface area contributed by atoms with E-state index >= 15 is 0 Å². The summed E-state index contributed by atoms with van der Waals surface area (Å²) >= 11 is 1.65. The maximum atomic E-state index is 12.0. The van der Waals surface area contributed by atoms with Crippen LogP contribution in [0.2, 0.25) is 0 Å². The number of benzene rings is 1. The van der Waals surface area contributed by atoms with Crippen LogP contribution in [-0.2, 0) is 12.8 Å². The van der Waals surface area contributed by atoms with E-state index in [1.54, 1.807) is 11.3 Å². The summed E-state index contributed by atoms with van der Waals surface area (Å²) in [5, 5.41) is 19.3. The zero-order valence-corrected chi connectivity index (χ0v) is 13.5. The number of rotatable bonds is 7. The Bertz CT molecular complexity index is 557. The second-order valence-corrected chi connectivity index (χ2v) is 6.20. The Morgan fingerprint density at radius 1 is 1.14 bits per heavy atom. The molecule has 0 radical (unpaired) electrons. The first kappa shape index (κ1) is 16.5. The molecule has 0 saturated carbocycles. The summed E-state index contributed by atoms with van der Waals surface area (Å²) in [7, 11) is 0. The van der Waals surface area contributed by atoms with Crippen molar-refractivity contribution in [3.8, 4) is 0 Å². The average Bonchev–Trinajstić information content (AvgIpc) is 3.00. The summed E-state index contributed by atoms with van der Waals surface area (Å²) in [6, 6.07) is 11.4. The number of hydrogen-bond acceptors (Lipinski definition) is 3. The lowest BCUT2D eigenvalue weighted by atomic mass is 10.1. The second kappa shape index (κ2) is 8.56. The molecule has 2 rings (SSSR count). The molecule has 5 heteroatoms. The first-order valence-corrected chi connectivity index (χ1v) is 8.34. The molecule has 2 amide bonds. The maximum absolute atomic E-state index is 12.0. The highest BCUT2D eigenvalue weighted by atomic mass is 32.1. The molecular formula is C17H22N2O2S. The lowest BCUT2D eigenvalue weighted by molar-refractivity contribution is 0.213. The molecule has 0 aliphatic rings. The van der Waals surface area contributed by atoms with Crippen LogP contribution in [0.4, 0.5) is 4.79 Å². The van der Waals surface area contributed by atoms with Gasteiger partial charge in [0.2, 0.25) is 0 Å². The van der Waals surface area contributed by atoms with Crippen molar-refractivity contribution in [1.82, 2.24) is 10.6 Å². The van der Waals surface area contributed by atoms with Crippen molar-refractivity contribution in [2.75, 3.05) is 6.61 Å². The van der Waals surface area contributed by atoms with Gasteiger partial charge in [0.25, 0.3) is 0 Å². The quantitative estimate of drug-likeness (QED) is 0.735. The van der Waals surface area contributed by atoms with Crippen molar-refractivity contribution in [3.63, 3.8) is 0 Å². The maximum Gasteiger partial charge on any atom is 0.315 e. The average molecular weight is 318 g/mol. The number of nitrogens with one attached hydrogen (secondary N) is 2. The van der Waals surface area contributed by atoms with Gasteiger partial charge >= 0.3 is 6.03 Å². The van der Waals surface area contributed by atoms with E-state index in [0.29, 0.717) is 6.42 Å². The van der Waals surface area contributed by atoms with Gasteiger partial charge in [0, 0.05) is 6.04 Å². The fourth-order valence-corrected chi connectivity index (χ4v) is 3.01. The molecule has 2 atom stereocenters. The Labute approximate surface area is 135 Å². The van der Waals surface area contributed by atoms with Crippen LogP contribution in [0.5, 0.6) is 0 Å². The fourth-order valence-electron chi connectivity index (χ4n) is 2.32. The molecule has 2 aromatic rings. The first-order chi connectivity index (χ1) is 10.7. The Morgan fingerprint density at radius 2 is 1.91 bits per heavy atom. The summed E-state index contributed by atoms with van der Waals surface area (Å²) in [5.41, 5.74) is 2.31. The number of aliphatic hydroxyl groups excluding tert-OH is 1. The Balaban J connectivity index is 1.79. The van der Waals surface area contributed by atoms with Crippen LogP contribution >= 0.6 is 11.3 Å². The monoisotopic (exact) mass is 318 g/mol. The fraction of sp³-hybridized carbons (Fsp3) is 0.353. The highest BCUT2D eigenvalue weighted by Crippen LogP contribution is 2.08. The summed E-state index contributed by atoms with van der Waals surface area (Å²) < 4.78 is 0. The third-order valence-electron chi connectivity index (χ3n) is 3.38. The summed E-state index contributed by atoms with van der Waals surface area (Å²) in [4.78, 5) is 12.0. The van der Waals surface area contributed by atoms with E-state index < -0.39 is 0 Å². The molecule has 0 bridgehead atoms. The number of amides is 2. The van der Waals surface area contributed by atoms with Crippen molar-refractivity contribution in [3.05, 3.63) is 58.3 Å². The number of thiophene rings is 1. The molecule has 0 aliphatic heterocycles. The predicted molar refractivity (Wildman–Crippen MR) is 90.2 cm³/mol. The van der Waals surface area contributed by atoms with Crippen LogP contribution in [0.3, 0.4) is 0 Å². The minimum absolute atomic E-state index is 0.0469. The predicted octanol–water partition coefficient (Wildman–Crippen LogP) is 2.58. The number of urea groups is 1. The first-order valence-electron chi connectivity index (χ1n) is 7.40. The van der Waals surface area contributed by atoms with Crippen molar-refractivity contribution < 1.29 is 9.90 Å². The minimum Gasteiger partial charge on any atom is -0.394 e. The lowest BCUT2D eigenvalue weighted by Gasteiger charge is -2.19. The zero-order chi connectivity index (χ0) is 15.8. The van der Waals surface area contributed by atoms with Crippen LogP contribution in [0.1, 0.15) is 18.1 Å². The molecule has 22 heavy (non-hydrogen) atoms. The van der Waals surface area contributed by atoms with Gasteiger partial charge in [-0.1, -0.05) is 30.3 Å². The summed E-state index contributed by atoms with van der Waals surface area (Å²) in [5.74, 6) is 0. The molecule has 0 unspecified atom stereocenters. The van der Waals surface area contributed by atoms with E-state index in [9.17, 15) is 9.90 Å². The molecular weight excluding hydrogens is 296 g/mol. The zero-order valence-electron chi connectivity index (χ0n) is 12.7. The van der Waals surface area contributed by atoms with Crippen LogP contribution in [-0.4, -0.2) is 29.8 Å². The van der Waals surface area contributed by atoms with Gasteiger partial charge in [-0.3, -0.25) is 0 Å². The SMILES string of the molecule is C[C@H](Cc1ccsc1)NC(=O)N[C@@H](CO)Cc1ccccc1. The van der Waals surface area contributed by atoms with E-state index in [4.69, 9.17) is 0 Å².